The summed E-state index contributed by atoms with van der Waals surface area (Å²) in [4.78, 5) is 0. The van der Waals surface area contributed by atoms with Gasteiger partial charge in [0.2, 0.25) is 0 Å². The van der Waals surface area contributed by atoms with E-state index in [0.29, 0.717) is 3.63 Å². The van der Waals surface area contributed by atoms with Crippen molar-refractivity contribution in [2.45, 2.75) is 56.0 Å². The van der Waals surface area contributed by atoms with Gasteiger partial charge in [0.15, 0.2) is 0 Å². The van der Waals surface area contributed by atoms with Crippen molar-refractivity contribution in [3.8, 4) is 11.1 Å². The van der Waals surface area contributed by atoms with Crippen LogP contribution in [0.1, 0.15) is 67.4 Å². The molecule has 0 saturated heterocycles. The Balaban J connectivity index is 0.00000144. The first kappa shape index (κ1) is 21.9. The molecule has 3 rings (SSSR count). The van der Waals surface area contributed by atoms with Crippen molar-refractivity contribution in [1.82, 2.24) is 0 Å². The largest absolute Gasteiger partial charge is 1.00 e. The van der Waals surface area contributed by atoms with Gasteiger partial charge in [0.25, 0.3) is 0 Å². The molecule has 24 heavy (non-hydrogen) atoms. The number of hydrogen-bond acceptors (Lipinski definition) is 0. The molecular formula is C21H25Cl2Zr+. The van der Waals surface area contributed by atoms with Crippen LogP contribution in [0.15, 0.2) is 36.4 Å². The minimum absolute atomic E-state index is 0. The standard InChI is InChI=1S/C21H25.2ClH.Zr/c1-20(2,3)16-7-9-18-14(12-16)11-15-13-17(21(4,5)6)8-10-19(15)18;;;/h7-13H,1-6H3;2*1H;/q;;;+3/p-2. The van der Waals surface area contributed by atoms with E-state index in [1.165, 1.54) is 33.4 Å². The first-order chi connectivity index (χ1) is 10.1. The minimum atomic E-state index is 0. The van der Waals surface area contributed by atoms with Crippen LogP contribution in [0.25, 0.3) is 11.1 Å². The van der Waals surface area contributed by atoms with Gasteiger partial charge in [0.05, 0.1) is 0 Å². The number of halogens is 2. The van der Waals surface area contributed by atoms with Crippen LogP contribution in [0, 0.1) is 0 Å². The molecule has 0 amide bonds. The summed E-state index contributed by atoms with van der Waals surface area (Å²) in [7, 11) is 0. The third-order valence-electron chi connectivity index (χ3n) is 4.75. The van der Waals surface area contributed by atoms with Crippen LogP contribution in [-0.4, -0.2) is 0 Å². The Bertz CT molecular complexity index is 673. The van der Waals surface area contributed by atoms with Crippen molar-refractivity contribution in [3.63, 3.8) is 0 Å². The van der Waals surface area contributed by atoms with Crippen molar-refractivity contribution in [1.29, 1.82) is 0 Å². The molecule has 0 heterocycles. The Labute approximate surface area is 174 Å². The second kappa shape index (κ2) is 7.26. The zero-order valence-corrected chi connectivity index (χ0v) is 19.3. The van der Waals surface area contributed by atoms with Gasteiger partial charge in [-0.1, -0.05) is 0 Å². The maximum atomic E-state index is 2.45. The summed E-state index contributed by atoms with van der Waals surface area (Å²) in [6.45, 7) is 13.8. The molecule has 0 aromatic heterocycles. The Morgan fingerprint density at radius 3 is 1.29 bits per heavy atom. The van der Waals surface area contributed by atoms with Crippen LogP contribution in [0.4, 0.5) is 0 Å². The fraction of sp³-hybridized carbons (Fsp3) is 0.429. The zero-order chi connectivity index (χ0) is 16.3. The molecule has 0 aliphatic heterocycles. The van der Waals surface area contributed by atoms with Gasteiger partial charge in [-0.05, 0) is 0 Å². The molecular weight excluding hydrogens is 414 g/mol. The Hall–Kier alpha value is -0.0969. The van der Waals surface area contributed by atoms with Gasteiger partial charge in [0, 0.05) is 0 Å². The summed E-state index contributed by atoms with van der Waals surface area (Å²) in [5.41, 5.74) is 9.30. The van der Waals surface area contributed by atoms with Gasteiger partial charge in [-0.2, -0.15) is 0 Å². The molecule has 1 aliphatic rings. The maximum absolute atomic E-state index is 2.45. The van der Waals surface area contributed by atoms with Crippen molar-refractivity contribution in [2.24, 2.45) is 0 Å². The van der Waals surface area contributed by atoms with Crippen molar-refractivity contribution >= 4 is 0 Å². The summed E-state index contributed by atoms with van der Waals surface area (Å²) in [5.74, 6) is 0. The third-order valence-corrected chi connectivity index (χ3v) is 6.28. The summed E-state index contributed by atoms with van der Waals surface area (Å²) in [5, 5.41) is 0. The monoisotopic (exact) mass is 437 g/mol. The summed E-state index contributed by atoms with van der Waals surface area (Å²) >= 11 is 1.59. The predicted molar refractivity (Wildman–Crippen MR) is 91.1 cm³/mol. The molecule has 0 N–H and O–H groups in total. The smallest absolute Gasteiger partial charge is 1.00 e. The normalized spacial score (nSPS) is 13.7. The summed E-state index contributed by atoms with van der Waals surface area (Å²) in [6.07, 6.45) is 0. The molecule has 1 aliphatic carbocycles. The van der Waals surface area contributed by atoms with E-state index in [1.54, 1.807) is 24.7 Å². The van der Waals surface area contributed by atoms with Gasteiger partial charge in [-0.25, -0.2) is 0 Å². The first-order valence-electron chi connectivity index (χ1n) is 8.09. The second-order valence-corrected chi connectivity index (χ2v) is 9.96. The van der Waals surface area contributed by atoms with E-state index in [4.69, 9.17) is 0 Å². The van der Waals surface area contributed by atoms with Gasteiger partial charge in [-0.15, -0.1) is 0 Å². The zero-order valence-electron chi connectivity index (χ0n) is 15.3. The molecule has 0 bridgehead atoms. The van der Waals surface area contributed by atoms with E-state index in [9.17, 15) is 0 Å². The predicted octanol–water partition coefficient (Wildman–Crippen LogP) is -0.0938. The van der Waals surface area contributed by atoms with Gasteiger partial charge < -0.3 is 24.8 Å². The van der Waals surface area contributed by atoms with Crippen molar-refractivity contribution in [3.05, 3.63) is 58.7 Å². The van der Waals surface area contributed by atoms with E-state index >= 15 is 0 Å². The van der Waals surface area contributed by atoms with Gasteiger partial charge in [0.1, 0.15) is 0 Å². The molecule has 2 aromatic rings. The first-order valence-corrected chi connectivity index (χ1v) is 9.51. The molecule has 0 nitrogen and oxygen atoms in total. The molecule has 0 fully saturated rings. The van der Waals surface area contributed by atoms with E-state index in [-0.39, 0.29) is 35.6 Å². The Morgan fingerprint density at radius 1 is 0.667 bits per heavy atom. The molecule has 0 unspecified atom stereocenters. The number of benzene rings is 2. The molecule has 0 atom stereocenters. The molecule has 0 spiro atoms. The summed E-state index contributed by atoms with van der Waals surface area (Å²) in [6, 6.07) is 14.2. The number of rotatable bonds is 0. The van der Waals surface area contributed by atoms with Crippen LogP contribution < -0.4 is 24.8 Å². The minimum Gasteiger partial charge on any atom is -1.00 e. The van der Waals surface area contributed by atoms with Gasteiger partial charge in [-0.3, -0.25) is 0 Å². The average molecular weight is 440 g/mol. The second-order valence-electron chi connectivity index (χ2n) is 8.54. The van der Waals surface area contributed by atoms with Crippen molar-refractivity contribution < 1.29 is 49.5 Å². The van der Waals surface area contributed by atoms with E-state index in [2.05, 4.69) is 77.9 Å². The van der Waals surface area contributed by atoms with Gasteiger partial charge >= 0.3 is 150 Å². The number of fused-ring (bicyclic) bond motifs is 3. The summed E-state index contributed by atoms with van der Waals surface area (Å²) < 4.78 is 0.585. The third kappa shape index (κ3) is 3.84. The topological polar surface area (TPSA) is 0 Å². The SMILES string of the molecule is CC(C)(C)c1ccc2c(c1)[CH]([Zr+3])c1cc(C(C)(C)C)ccc1-2.[Cl-].[Cl-]. The fourth-order valence-electron chi connectivity index (χ4n) is 3.19. The average Bonchev–Trinajstić information content (AvgIpc) is 2.70. The molecule has 0 radical (unpaired) electrons. The van der Waals surface area contributed by atoms with Crippen LogP contribution in [0.2, 0.25) is 0 Å². The van der Waals surface area contributed by atoms with Crippen LogP contribution in [-0.2, 0) is 35.5 Å². The molecule has 3 heteroatoms. The van der Waals surface area contributed by atoms with E-state index in [1.807, 2.05) is 0 Å². The molecule has 126 valence electrons. The molecule has 2 aromatic carbocycles. The Kier molecular flexibility index (Phi) is 6.64. The van der Waals surface area contributed by atoms with Crippen LogP contribution >= 0.6 is 0 Å². The fourth-order valence-corrected chi connectivity index (χ4v) is 4.37. The quantitative estimate of drug-likeness (QED) is 0.538. The Morgan fingerprint density at radius 2 is 1.00 bits per heavy atom. The maximum Gasteiger partial charge on any atom is -1.00 e. The number of hydrogen-bond donors (Lipinski definition) is 0. The van der Waals surface area contributed by atoms with E-state index < -0.39 is 0 Å². The van der Waals surface area contributed by atoms with E-state index in [0.717, 1.165) is 0 Å². The molecule has 0 saturated carbocycles. The van der Waals surface area contributed by atoms with Crippen LogP contribution in [0.3, 0.4) is 0 Å². The van der Waals surface area contributed by atoms with Crippen LogP contribution in [0.5, 0.6) is 0 Å². The van der Waals surface area contributed by atoms with Crippen molar-refractivity contribution in [2.75, 3.05) is 0 Å².